The van der Waals surface area contributed by atoms with Gasteiger partial charge in [0.05, 0.1) is 32.5 Å². The number of methoxy groups -OCH3 is 2. The zero-order valence-corrected chi connectivity index (χ0v) is 19.2. The van der Waals surface area contributed by atoms with Crippen molar-refractivity contribution < 1.29 is 14.3 Å². The van der Waals surface area contributed by atoms with Crippen LogP contribution in [-0.2, 0) is 11.2 Å². The Morgan fingerprint density at radius 1 is 1.03 bits per heavy atom. The number of benzene rings is 3. The third-order valence-corrected chi connectivity index (χ3v) is 6.27. The number of carbonyl (C=O) groups excluding carboxylic acids is 1. The molecule has 0 saturated heterocycles. The molecule has 0 unspecified atom stereocenters. The third kappa shape index (κ3) is 4.60. The fraction of sp³-hybridized carbons (Fsp3) is 0.240. The first kappa shape index (κ1) is 21.4. The SMILES string of the molecule is COc1cc2c(cc1OC)[C@H](c1ccccc1)N(CC(=O)Nc1ccccc1Br)CC2. The number of nitrogens with zero attached hydrogens (tertiary/aromatic N) is 1. The average Bonchev–Trinajstić information content (AvgIpc) is 2.80. The van der Waals surface area contributed by atoms with E-state index in [1.54, 1.807) is 14.2 Å². The molecule has 1 aliphatic rings. The van der Waals surface area contributed by atoms with E-state index in [9.17, 15) is 4.79 Å². The normalized spacial score (nSPS) is 15.8. The molecular formula is C25H25BrN2O3. The third-order valence-electron chi connectivity index (χ3n) is 5.58. The summed E-state index contributed by atoms with van der Waals surface area (Å²) in [5, 5.41) is 3.02. The van der Waals surface area contributed by atoms with Crippen LogP contribution < -0.4 is 14.8 Å². The molecule has 1 aliphatic heterocycles. The molecule has 0 bridgehead atoms. The molecule has 160 valence electrons. The highest BCUT2D eigenvalue weighted by Gasteiger charge is 2.31. The van der Waals surface area contributed by atoms with E-state index in [-0.39, 0.29) is 18.5 Å². The lowest BCUT2D eigenvalue weighted by atomic mass is 9.87. The minimum atomic E-state index is -0.0466. The zero-order valence-electron chi connectivity index (χ0n) is 17.6. The average molecular weight is 481 g/mol. The first-order valence-electron chi connectivity index (χ1n) is 10.2. The van der Waals surface area contributed by atoms with Crippen LogP contribution in [0, 0.1) is 0 Å². The van der Waals surface area contributed by atoms with Gasteiger partial charge in [-0.15, -0.1) is 0 Å². The zero-order chi connectivity index (χ0) is 21.8. The van der Waals surface area contributed by atoms with Crippen molar-refractivity contribution in [2.45, 2.75) is 12.5 Å². The summed E-state index contributed by atoms with van der Waals surface area (Å²) >= 11 is 3.50. The molecule has 0 aliphatic carbocycles. The highest BCUT2D eigenvalue weighted by atomic mass is 79.9. The van der Waals surface area contributed by atoms with Crippen molar-refractivity contribution in [1.29, 1.82) is 0 Å². The van der Waals surface area contributed by atoms with Crippen molar-refractivity contribution in [3.63, 3.8) is 0 Å². The summed E-state index contributed by atoms with van der Waals surface area (Å²) in [6.45, 7) is 1.06. The summed E-state index contributed by atoms with van der Waals surface area (Å²) in [4.78, 5) is 15.1. The Bertz CT molecular complexity index is 1070. The molecular weight excluding hydrogens is 456 g/mol. The van der Waals surface area contributed by atoms with Gasteiger partial charge in [-0.25, -0.2) is 0 Å². The van der Waals surface area contributed by atoms with Gasteiger partial charge >= 0.3 is 0 Å². The van der Waals surface area contributed by atoms with Gasteiger partial charge in [0.2, 0.25) is 5.91 Å². The van der Waals surface area contributed by atoms with E-state index in [0.717, 1.165) is 40.0 Å². The number of para-hydroxylation sites is 1. The van der Waals surface area contributed by atoms with Gasteiger partial charge in [0, 0.05) is 11.0 Å². The van der Waals surface area contributed by atoms with E-state index in [1.165, 1.54) is 5.56 Å². The standard InChI is InChI=1S/C25H25BrN2O3/c1-30-22-14-18-12-13-28(16-24(29)27-21-11-7-6-10-20(21)26)25(17-8-4-3-5-9-17)19(18)15-23(22)31-2/h3-11,14-15,25H,12-13,16H2,1-2H3,(H,27,29)/t25-/m0/s1. The van der Waals surface area contributed by atoms with Gasteiger partial charge in [0.25, 0.3) is 0 Å². The molecule has 3 aromatic rings. The number of hydrogen-bond donors (Lipinski definition) is 1. The Labute approximate surface area is 191 Å². The number of ether oxygens (including phenoxy) is 2. The van der Waals surface area contributed by atoms with Gasteiger partial charge < -0.3 is 14.8 Å². The number of halogens is 1. The van der Waals surface area contributed by atoms with E-state index in [0.29, 0.717) is 5.75 Å². The second kappa shape index (κ2) is 9.54. The van der Waals surface area contributed by atoms with Gasteiger partial charge in [0.15, 0.2) is 11.5 Å². The predicted molar refractivity (Wildman–Crippen MR) is 126 cm³/mol. The van der Waals surface area contributed by atoms with Crippen LogP contribution in [0.5, 0.6) is 11.5 Å². The molecule has 4 rings (SSSR count). The Morgan fingerprint density at radius 2 is 1.71 bits per heavy atom. The fourth-order valence-corrected chi connectivity index (χ4v) is 4.51. The maximum absolute atomic E-state index is 12.9. The molecule has 0 spiro atoms. The summed E-state index contributed by atoms with van der Waals surface area (Å²) in [6, 6.07) is 22.0. The first-order valence-corrected chi connectivity index (χ1v) is 11.0. The molecule has 0 radical (unpaired) electrons. The Hall–Kier alpha value is -2.83. The van der Waals surface area contributed by atoms with Crippen LogP contribution >= 0.6 is 15.9 Å². The number of carbonyl (C=O) groups is 1. The van der Waals surface area contributed by atoms with Crippen LogP contribution in [0.25, 0.3) is 0 Å². The maximum Gasteiger partial charge on any atom is 0.238 e. The molecule has 0 fully saturated rings. The number of anilines is 1. The van der Waals surface area contributed by atoms with Gasteiger partial charge in [-0.2, -0.15) is 0 Å². The number of hydrogen-bond acceptors (Lipinski definition) is 4. The number of amides is 1. The highest BCUT2D eigenvalue weighted by molar-refractivity contribution is 9.10. The van der Waals surface area contributed by atoms with Crippen LogP contribution in [0.3, 0.4) is 0 Å². The molecule has 5 nitrogen and oxygen atoms in total. The summed E-state index contributed by atoms with van der Waals surface area (Å²) in [5.74, 6) is 1.38. The van der Waals surface area contributed by atoms with Crippen molar-refractivity contribution in [3.8, 4) is 11.5 Å². The van der Waals surface area contributed by atoms with E-state index in [4.69, 9.17) is 9.47 Å². The minimum Gasteiger partial charge on any atom is -0.493 e. The van der Waals surface area contributed by atoms with Crippen molar-refractivity contribution in [2.24, 2.45) is 0 Å². The van der Waals surface area contributed by atoms with Crippen LogP contribution in [-0.4, -0.2) is 38.1 Å². The van der Waals surface area contributed by atoms with Crippen LogP contribution in [0.15, 0.2) is 71.2 Å². The van der Waals surface area contributed by atoms with Crippen LogP contribution in [0.1, 0.15) is 22.7 Å². The molecule has 1 amide bonds. The van der Waals surface area contributed by atoms with E-state index < -0.39 is 0 Å². The van der Waals surface area contributed by atoms with Gasteiger partial charge in [-0.05, 0) is 63.3 Å². The lowest BCUT2D eigenvalue weighted by molar-refractivity contribution is -0.117. The Balaban J connectivity index is 1.66. The molecule has 1 N–H and O–H groups in total. The largest absolute Gasteiger partial charge is 0.493 e. The van der Waals surface area contributed by atoms with Crippen molar-refractivity contribution in [2.75, 3.05) is 32.6 Å². The van der Waals surface area contributed by atoms with E-state index in [2.05, 4.69) is 44.3 Å². The van der Waals surface area contributed by atoms with Gasteiger partial charge in [-0.3, -0.25) is 9.69 Å². The first-order chi connectivity index (χ1) is 15.1. The van der Waals surface area contributed by atoms with Crippen LogP contribution in [0.4, 0.5) is 5.69 Å². The summed E-state index contributed by atoms with van der Waals surface area (Å²) in [6.07, 6.45) is 0.835. The molecule has 0 saturated carbocycles. The van der Waals surface area contributed by atoms with Crippen molar-refractivity contribution in [1.82, 2.24) is 4.90 Å². The summed E-state index contributed by atoms with van der Waals surface area (Å²) < 4.78 is 11.9. The number of rotatable bonds is 6. The smallest absolute Gasteiger partial charge is 0.238 e. The second-order valence-electron chi connectivity index (χ2n) is 7.47. The quantitative estimate of drug-likeness (QED) is 0.536. The molecule has 6 heteroatoms. The molecule has 1 heterocycles. The molecule has 1 atom stereocenters. The monoisotopic (exact) mass is 480 g/mol. The van der Waals surface area contributed by atoms with Gasteiger partial charge in [-0.1, -0.05) is 42.5 Å². The topological polar surface area (TPSA) is 50.8 Å². The molecule has 3 aromatic carbocycles. The van der Waals surface area contributed by atoms with E-state index in [1.807, 2.05) is 48.5 Å². The minimum absolute atomic E-state index is 0.0447. The second-order valence-corrected chi connectivity index (χ2v) is 8.32. The Kier molecular flexibility index (Phi) is 6.59. The maximum atomic E-state index is 12.9. The predicted octanol–water partition coefficient (Wildman–Crippen LogP) is 5.05. The fourth-order valence-electron chi connectivity index (χ4n) is 4.13. The lowest BCUT2D eigenvalue weighted by Crippen LogP contribution is -2.41. The van der Waals surface area contributed by atoms with E-state index >= 15 is 0 Å². The number of nitrogens with one attached hydrogen (secondary N) is 1. The lowest BCUT2D eigenvalue weighted by Gasteiger charge is -2.37. The summed E-state index contributed by atoms with van der Waals surface area (Å²) in [7, 11) is 3.30. The van der Waals surface area contributed by atoms with Crippen LogP contribution in [0.2, 0.25) is 0 Å². The summed E-state index contributed by atoms with van der Waals surface area (Å²) in [5.41, 5.74) is 4.27. The van der Waals surface area contributed by atoms with Crippen molar-refractivity contribution in [3.05, 3.63) is 87.9 Å². The number of fused-ring (bicyclic) bond motifs is 1. The molecule has 0 aromatic heterocycles. The molecule has 31 heavy (non-hydrogen) atoms. The van der Waals surface area contributed by atoms with Crippen molar-refractivity contribution >= 4 is 27.5 Å². The Morgan fingerprint density at radius 3 is 2.42 bits per heavy atom. The highest BCUT2D eigenvalue weighted by Crippen LogP contribution is 2.40. The van der Waals surface area contributed by atoms with Gasteiger partial charge in [0.1, 0.15) is 0 Å².